The lowest BCUT2D eigenvalue weighted by molar-refractivity contribution is 0.154. The third-order valence-corrected chi connectivity index (χ3v) is 7.38. The molecular formula is C21H23N5OS. The van der Waals surface area contributed by atoms with Gasteiger partial charge in [0.15, 0.2) is 0 Å². The summed E-state index contributed by atoms with van der Waals surface area (Å²) in [6.45, 7) is 4.68. The van der Waals surface area contributed by atoms with Gasteiger partial charge in [-0.05, 0) is 50.3 Å². The molecular weight excluding hydrogens is 370 g/mol. The Morgan fingerprint density at radius 3 is 3.04 bits per heavy atom. The van der Waals surface area contributed by atoms with Crippen LogP contribution in [0.1, 0.15) is 47.8 Å². The molecule has 28 heavy (non-hydrogen) atoms. The summed E-state index contributed by atoms with van der Waals surface area (Å²) in [7, 11) is 0. The van der Waals surface area contributed by atoms with Crippen molar-refractivity contribution in [3.8, 4) is 6.07 Å². The van der Waals surface area contributed by atoms with E-state index in [0.717, 1.165) is 42.6 Å². The molecule has 2 aliphatic rings. The fourth-order valence-corrected chi connectivity index (χ4v) is 5.93. The minimum absolute atomic E-state index is 0.0333. The van der Waals surface area contributed by atoms with E-state index in [1.54, 1.807) is 15.9 Å². The molecule has 0 unspecified atom stereocenters. The number of nitriles is 1. The lowest BCUT2D eigenvalue weighted by Crippen LogP contribution is -2.38. The van der Waals surface area contributed by atoms with Crippen LogP contribution in [0.5, 0.6) is 0 Å². The van der Waals surface area contributed by atoms with Gasteiger partial charge < -0.3 is 4.57 Å². The molecule has 0 spiro atoms. The van der Waals surface area contributed by atoms with E-state index in [2.05, 4.69) is 40.8 Å². The summed E-state index contributed by atoms with van der Waals surface area (Å²) in [6.07, 6.45) is 6.43. The molecule has 3 aromatic heterocycles. The smallest absolute Gasteiger partial charge is 0.263 e. The van der Waals surface area contributed by atoms with Crippen LogP contribution in [0.4, 0.5) is 0 Å². The van der Waals surface area contributed by atoms with Gasteiger partial charge in [0.05, 0.1) is 18.0 Å². The summed E-state index contributed by atoms with van der Waals surface area (Å²) in [5, 5.41) is 10.1. The molecule has 1 aliphatic heterocycles. The zero-order valence-corrected chi connectivity index (χ0v) is 16.8. The Hall–Kier alpha value is -2.43. The van der Waals surface area contributed by atoms with Crippen molar-refractivity contribution in [2.45, 2.75) is 58.3 Å². The number of aromatic nitrogens is 3. The zero-order chi connectivity index (χ0) is 19.3. The van der Waals surface area contributed by atoms with Gasteiger partial charge in [-0.3, -0.25) is 14.3 Å². The van der Waals surface area contributed by atoms with Crippen LogP contribution < -0.4 is 5.56 Å². The van der Waals surface area contributed by atoms with Gasteiger partial charge in [0.1, 0.15) is 17.2 Å². The predicted octanol–water partition coefficient (Wildman–Crippen LogP) is 3.24. The molecule has 0 N–H and O–H groups in total. The summed E-state index contributed by atoms with van der Waals surface area (Å²) in [6, 6.07) is 6.66. The fourth-order valence-electron chi connectivity index (χ4n) is 4.66. The molecule has 3 aromatic rings. The van der Waals surface area contributed by atoms with E-state index in [1.165, 1.54) is 22.6 Å². The second-order valence-electron chi connectivity index (χ2n) is 7.74. The van der Waals surface area contributed by atoms with Crippen molar-refractivity contribution in [2.24, 2.45) is 0 Å². The first kappa shape index (κ1) is 17.7. The molecule has 144 valence electrons. The van der Waals surface area contributed by atoms with Crippen molar-refractivity contribution in [3.05, 3.63) is 50.6 Å². The molecule has 0 radical (unpaired) electrons. The van der Waals surface area contributed by atoms with E-state index in [9.17, 15) is 10.1 Å². The third-order valence-electron chi connectivity index (χ3n) is 6.20. The van der Waals surface area contributed by atoms with Crippen LogP contribution >= 0.6 is 11.3 Å². The van der Waals surface area contributed by atoms with Gasteiger partial charge in [-0.1, -0.05) is 0 Å². The first-order valence-electron chi connectivity index (χ1n) is 9.97. The van der Waals surface area contributed by atoms with Gasteiger partial charge in [-0.15, -0.1) is 11.3 Å². The van der Waals surface area contributed by atoms with E-state index in [-0.39, 0.29) is 18.1 Å². The van der Waals surface area contributed by atoms with E-state index < -0.39 is 0 Å². The molecule has 5 rings (SSSR count). The number of thiophene rings is 1. The molecule has 0 bridgehead atoms. The van der Waals surface area contributed by atoms with E-state index in [4.69, 9.17) is 4.98 Å². The minimum Gasteiger partial charge on any atom is -0.349 e. The summed E-state index contributed by atoms with van der Waals surface area (Å²) in [5.74, 6) is 0.713. The topological polar surface area (TPSA) is 66.8 Å². The average molecular weight is 394 g/mol. The van der Waals surface area contributed by atoms with Crippen LogP contribution in [0.2, 0.25) is 0 Å². The number of aryl methyl sites for hydroxylation is 2. The van der Waals surface area contributed by atoms with Gasteiger partial charge in [0.2, 0.25) is 0 Å². The summed E-state index contributed by atoms with van der Waals surface area (Å²) in [5.41, 5.74) is 2.44. The van der Waals surface area contributed by atoms with E-state index in [0.29, 0.717) is 12.4 Å². The first-order valence-corrected chi connectivity index (χ1v) is 10.8. The maximum absolute atomic E-state index is 13.3. The Labute approximate surface area is 167 Å². The maximum Gasteiger partial charge on any atom is 0.263 e. The fraction of sp³-hybridized carbons (Fsp3) is 0.476. The molecule has 0 aromatic carbocycles. The maximum atomic E-state index is 13.3. The normalized spacial score (nSPS) is 19.4. The number of fused-ring (bicyclic) bond motifs is 4. The largest absolute Gasteiger partial charge is 0.349 e. The molecule has 7 heteroatoms. The summed E-state index contributed by atoms with van der Waals surface area (Å²) in [4.78, 5) is 22.7. The standard InChI is InChI=1S/C21H23N5OS/c1-14-16-6-4-9-24(16)11-12-25(14)13-18-23-20-19(21(27)26(18)10-8-22)15-5-2-3-7-17(15)28-20/h4,6,9,14H,2-3,5,7,10-13H2,1H3/t14-/m1/s1. The third kappa shape index (κ3) is 2.71. The lowest BCUT2D eigenvalue weighted by Gasteiger charge is -2.34. The summed E-state index contributed by atoms with van der Waals surface area (Å²) < 4.78 is 3.89. The van der Waals surface area contributed by atoms with Crippen LogP contribution in [0.3, 0.4) is 0 Å². The molecule has 6 nitrogen and oxygen atoms in total. The first-order chi connectivity index (χ1) is 13.7. The molecule has 0 saturated heterocycles. The molecule has 1 atom stereocenters. The van der Waals surface area contributed by atoms with Crippen molar-refractivity contribution in [1.29, 1.82) is 5.26 Å². The van der Waals surface area contributed by atoms with Crippen molar-refractivity contribution in [3.63, 3.8) is 0 Å². The van der Waals surface area contributed by atoms with Crippen LogP contribution in [-0.2, 0) is 32.5 Å². The molecule has 0 saturated carbocycles. The molecule has 0 amide bonds. The Balaban J connectivity index is 1.58. The Morgan fingerprint density at radius 2 is 2.18 bits per heavy atom. The van der Waals surface area contributed by atoms with Crippen LogP contribution in [-0.4, -0.2) is 25.6 Å². The second kappa shape index (κ2) is 6.87. The highest BCUT2D eigenvalue weighted by molar-refractivity contribution is 7.18. The molecule has 1 aliphatic carbocycles. The number of nitrogens with zero attached hydrogens (tertiary/aromatic N) is 5. The highest BCUT2D eigenvalue weighted by Crippen LogP contribution is 2.34. The predicted molar refractivity (Wildman–Crippen MR) is 109 cm³/mol. The Kier molecular flexibility index (Phi) is 4.33. The highest BCUT2D eigenvalue weighted by atomic mass is 32.1. The van der Waals surface area contributed by atoms with Crippen molar-refractivity contribution in [2.75, 3.05) is 6.54 Å². The number of hydrogen-bond donors (Lipinski definition) is 0. The minimum atomic E-state index is -0.0333. The van der Waals surface area contributed by atoms with Crippen molar-refractivity contribution >= 4 is 21.6 Å². The SMILES string of the molecule is C[C@@H]1c2cccn2CCN1Cc1nc2sc3c(c2c(=O)n1CC#N)CCCC3. The Bertz CT molecular complexity index is 1150. The van der Waals surface area contributed by atoms with Crippen LogP contribution in [0, 0.1) is 11.3 Å². The highest BCUT2D eigenvalue weighted by Gasteiger charge is 2.27. The monoisotopic (exact) mass is 393 g/mol. The lowest BCUT2D eigenvalue weighted by atomic mass is 9.97. The number of hydrogen-bond acceptors (Lipinski definition) is 5. The number of rotatable bonds is 3. The Morgan fingerprint density at radius 1 is 1.32 bits per heavy atom. The second-order valence-corrected chi connectivity index (χ2v) is 8.83. The van der Waals surface area contributed by atoms with Crippen molar-refractivity contribution in [1.82, 2.24) is 19.0 Å². The van der Waals surface area contributed by atoms with Gasteiger partial charge in [-0.25, -0.2) is 4.98 Å². The van der Waals surface area contributed by atoms with Gasteiger partial charge >= 0.3 is 0 Å². The van der Waals surface area contributed by atoms with Gasteiger partial charge in [0, 0.05) is 35.9 Å². The zero-order valence-electron chi connectivity index (χ0n) is 16.0. The quantitative estimate of drug-likeness (QED) is 0.685. The molecule has 4 heterocycles. The summed E-state index contributed by atoms with van der Waals surface area (Å²) >= 11 is 1.68. The molecule has 0 fully saturated rings. The van der Waals surface area contributed by atoms with Gasteiger partial charge in [0.25, 0.3) is 5.56 Å². The average Bonchev–Trinajstić information content (AvgIpc) is 3.31. The van der Waals surface area contributed by atoms with Crippen LogP contribution in [0.25, 0.3) is 10.2 Å². The van der Waals surface area contributed by atoms with E-state index in [1.807, 2.05) is 0 Å². The van der Waals surface area contributed by atoms with Crippen molar-refractivity contribution < 1.29 is 0 Å². The van der Waals surface area contributed by atoms with E-state index >= 15 is 0 Å². The van der Waals surface area contributed by atoms with Crippen LogP contribution in [0.15, 0.2) is 23.1 Å². The van der Waals surface area contributed by atoms with Gasteiger partial charge in [-0.2, -0.15) is 5.26 Å².